The number of halogens is 3. The Balaban J connectivity index is 2.06. The van der Waals surface area contributed by atoms with Gasteiger partial charge in [0.1, 0.15) is 17.0 Å². The predicted molar refractivity (Wildman–Crippen MR) is 74.1 cm³/mol. The summed E-state index contributed by atoms with van der Waals surface area (Å²) < 4.78 is 44.9. The Morgan fingerprint density at radius 3 is 2.70 bits per heavy atom. The maximum absolute atomic E-state index is 12.9. The van der Waals surface area contributed by atoms with Crippen molar-refractivity contribution in [3.8, 4) is 17.3 Å². The molecule has 0 aliphatic carbocycles. The van der Waals surface area contributed by atoms with Gasteiger partial charge in [-0.2, -0.15) is 18.3 Å². The van der Waals surface area contributed by atoms with E-state index in [0.29, 0.717) is 17.9 Å². The van der Waals surface area contributed by atoms with Crippen LogP contribution < -0.4 is 10.1 Å². The highest BCUT2D eigenvalue weighted by Gasteiger charge is 2.35. The van der Waals surface area contributed by atoms with E-state index < -0.39 is 17.6 Å². The molecule has 0 aromatic carbocycles. The highest BCUT2D eigenvalue weighted by molar-refractivity contribution is 5.94. The van der Waals surface area contributed by atoms with E-state index in [1.807, 2.05) is 6.92 Å². The summed E-state index contributed by atoms with van der Waals surface area (Å²) in [7, 11) is 1.12. The van der Waals surface area contributed by atoms with Gasteiger partial charge in [0, 0.05) is 6.54 Å². The molecule has 3 rings (SSSR count). The molecular weight excluding hydrogens is 313 g/mol. The minimum absolute atomic E-state index is 0.0483. The second-order valence-corrected chi connectivity index (χ2v) is 5.17. The maximum Gasteiger partial charge on any atom is 0.421 e. The third-order valence-corrected chi connectivity index (χ3v) is 3.57. The first-order chi connectivity index (χ1) is 10.8. The number of methoxy groups -OCH3 is 1. The summed E-state index contributed by atoms with van der Waals surface area (Å²) in [6, 6.07) is 3.55. The average molecular weight is 326 g/mol. The summed E-state index contributed by atoms with van der Waals surface area (Å²) in [6.45, 7) is 2.32. The summed E-state index contributed by atoms with van der Waals surface area (Å²) in [4.78, 5) is 15.7. The number of pyridine rings is 1. The van der Waals surface area contributed by atoms with E-state index >= 15 is 0 Å². The van der Waals surface area contributed by atoms with Gasteiger partial charge in [-0.15, -0.1) is 0 Å². The molecule has 2 aromatic rings. The highest BCUT2D eigenvalue weighted by atomic mass is 19.4. The van der Waals surface area contributed by atoms with Crippen LogP contribution in [0.1, 0.15) is 29.0 Å². The van der Waals surface area contributed by atoms with Gasteiger partial charge in [-0.1, -0.05) is 0 Å². The molecule has 1 unspecified atom stereocenters. The molecule has 0 radical (unpaired) electrons. The average Bonchev–Trinajstić information content (AvgIpc) is 2.96. The first kappa shape index (κ1) is 15.3. The topological polar surface area (TPSA) is 69.0 Å². The molecule has 0 saturated heterocycles. The minimum Gasteiger partial charge on any atom is -0.481 e. The first-order valence-electron chi connectivity index (χ1n) is 6.81. The van der Waals surface area contributed by atoms with E-state index in [0.717, 1.165) is 13.2 Å². The molecule has 6 nitrogen and oxygen atoms in total. The monoisotopic (exact) mass is 326 g/mol. The van der Waals surface area contributed by atoms with Gasteiger partial charge in [0.2, 0.25) is 5.88 Å². The fraction of sp³-hybridized carbons (Fsp3) is 0.357. The molecule has 1 amide bonds. The molecule has 0 bridgehead atoms. The SMILES string of the molecule is COc1nc(-c2cc3n(n2)C(C)CNC3=O)ccc1C(F)(F)F. The lowest BCUT2D eigenvalue weighted by Crippen LogP contribution is -2.38. The number of hydrogen-bond donors (Lipinski definition) is 1. The molecule has 1 aliphatic heterocycles. The van der Waals surface area contributed by atoms with Gasteiger partial charge in [0.25, 0.3) is 5.91 Å². The van der Waals surface area contributed by atoms with Gasteiger partial charge in [-0.3, -0.25) is 9.48 Å². The number of fused-ring (bicyclic) bond motifs is 1. The number of alkyl halides is 3. The van der Waals surface area contributed by atoms with Crippen LogP contribution in [0.5, 0.6) is 5.88 Å². The number of amides is 1. The van der Waals surface area contributed by atoms with Gasteiger partial charge >= 0.3 is 6.18 Å². The second kappa shape index (κ2) is 5.25. The Labute approximate surface area is 129 Å². The molecule has 0 saturated carbocycles. The predicted octanol–water partition coefficient (Wildman–Crippen LogP) is 2.28. The molecule has 0 spiro atoms. The van der Waals surface area contributed by atoms with Crippen molar-refractivity contribution in [2.24, 2.45) is 0 Å². The molecule has 0 fully saturated rings. The summed E-state index contributed by atoms with van der Waals surface area (Å²) in [5.41, 5.74) is -0.0917. The number of carbonyl (C=O) groups is 1. The van der Waals surface area contributed by atoms with Gasteiger partial charge in [-0.05, 0) is 25.1 Å². The zero-order chi connectivity index (χ0) is 16.8. The van der Waals surface area contributed by atoms with E-state index in [4.69, 9.17) is 4.74 Å². The van der Waals surface area contributed by atoms with Gasteiger partial charge < -0.3 is 10.1 Å². The number of nitrogens with one attached hydrogen (secondary N) is 1. The Hall–Kier alpha value is -2.58. The molecule has 2 aromatic heterocycles. The summed E-state index contributed by atoms with van der Waals surface area (Å²) in [5, 5.41) is 6.99. The van der Waals surface area contributed by atoms with E-state index in [-0.39, 0.29) is 17.6 Å². The Morgan fingerprint density at radius 1 is 1.35 bits per heavy atom. The first-order valence-corrected chi connectivity index (χ1v) is 6.81. The van der Waals surface area contributed by atoms with Crippen molar-refractivity contribution in [3.05, 3.63) is 29.5 Å². The summed E-state index contributed by atoms with van der Waals surface area (Å²) in [5.74, 6) is -0.806. The van der Waals surface area contributed by atoms with Crippen molar-refractivity contribution in [1.29, 1.82) is 0 Å². The summed E-state index contributed by atoms with van der Waals surface area (Å²) >= 11 is 0. The molecule has 9 heteroatoms. The molecule has 23 heavy (non-hydrogen) atoms. The zero-order valence-corrected chi connectivity index (χ0v) is 12.3. The lowest BCUT2D eigenvalue weighted by molar-refractivity contribution is -0.139. The number of rotatable bonds is 2. The van der Waals surface area contributed by atoms with Crippen molar-refractivity contribution in [3.63, 3.8) is 0 Å². The second-order valence-electron chi connectivity index (χ2n) is 5.17. The van der Waals surface area contributed by atoms with E-state index in [1.54, 1.807) is 4.68 Å². The lowest BCUT2D eigenvalue weighted by atomic mass is 10.2. The number of aromatic nitrogens is 3. The van der Waals surface area contributed by atoms with E-state index in [9.17, 15) is 18.0 Å². The fourth-order valence-corrected chi connectivity index (χ4v) is 2.40. The van der Waals surface area contributed by atoms with Crippen LogP contribution in [0.25, 0.3) is 11.4 Å². The van der Waals surface area contributed by atoms with Crippen LogP contribution in [-0.2, 0) is 6.18 Å². The van der Waals surface area contributed by atoms with Crippen LogP contribution in [0.15, 0.2) is 18.2 Å². The highest BCUT2D eigenvalue weighted by Crippen LogP contribution is 2.36. The standard InChI is InChI=1S/C14H13F3N4O2/c1-7-6-18-12(22)11-5-10(20-21(7)11)9-4-3-8(14(15,16)17)13(19-9)23-2/h3-5,7H,6H2,1-2H3,(H,18,22). The third kappa shape index (κ3) is 2.62. The quantitative estimate of drug-likeness (QED) is 0.919. The van der Waals surface area contributed by atoms with Gasteiger partial charge in [0.15, 0.2) is 0 Å². The van der Waals surface area contributed by atoms with Crippen molar-refractivity contribution in [1.82, 2.24) is 20.1 Å². The van der Waals surface area contributed by atoms with Crippen molar-refractivity contribution >= 4 is 5.91 Å². The van der Waals surface area contributed by atoms with Crippen molar-refractivity contribution in [2.45, 2.75) is 19.1 Å². The lowest BCUT2D eigenvalue weighted by Gasteiger charge is -2.20. The van der Waals surface area contributed by atoms with Crippen LogP contribution in [0.2, 0.25) is 0 Å². The fourth-order valence-electron chi connectivity index (χ4n) is 2.40. The minimum atomic E-state index is -4.56. The van der Waals surface area contributed by atoms with Crippen molar-refractivity contribution in [2.75, 3.05) is 13.7 Å². The Morgan fingerprint density at radius 2 is 2.09 bits per heavy atom. The third-order valence-electron chi connectivity index (χ3n) is 3.57. The van der Waals surface area contributed by atoms with Crippen LogP contribution in [0.3, 0.4) is 0 Å². The van der Waals surface area contributed by atoms with Crippen molar-refractivity contribution < 1.29 is 22.7 Å². The van der Waals surface area contributed by atoms with E-state index in [1.165, 1.54) is 12.1 Å². The molecule has 3 heterocycles. The Kier molecular flexibility index (Phi) is 3.50. The molecule has 1 N–H and O–H groups in total. The number of carbonyl (C=O) groups excluding carboxylic acids is 1. The number of hydrogen-bond acceptors (Lipinski definition) is 4. The molecule has 1 aliphatic rings. The number of ether oxygens (including phenoxy) is 1. The zero-order valence-electron chi connectivity index (χ0n) is 12.3. The largest absolute Gasteiger partial charge is 0.481 e. The normalized spacial score (nSPS) is 17.6. The smallest absolute Gasteiger partial charge is 0.421 e. The Bertz CT molecular complexity index is 770. The molecular formula is C14H13F3N4O2. The van der Waals surface area contributed by atoms with Crippen LogP contribution in [-0.4, -0.2) is 34.3 Å². The van der Waals surface area contributed by atoms with Crippen LogP contribution >= 0.6 is 0 Å². The maximum atomic E-state index is 12.9. The van der Waals surface area contributed by atoms with Crippen LogP contribution in [0.4, 0.5) is 13.2 Å². The van der Waals surface area contributed by atoms with E-state index in [2.05, 4.69) is 15.4 Å². The summed E-state index contributed by atoms with van der Waals surface area (Å²) in [6.07, 6.45) is -4.56. The van der Waals surface area contributed by atoms with Gasteiger partial charge in [-0.25, -0.2) is 4.98 Å². The van der Waals surface area contributed by atoms with Gasteiger partial charge in [0.05, 0.1) is 18.8 Å². The molecule has 122 valence electrons. The molecule has 1 atom stereocenters. The van der Waals surface area contributed by atoms with Crippen LogP contribution in [0, 0.1) is 0 Å². The number of nitrogens with zero attached hydrogens (tertiary/aromatic N) is 3.